The topological polar surface area (TPSA) is 61.4 Å². The Labute approximate surface area is 137 Å². The molecular formula is C18H27FN2O2. The SMILES string of the molecule is CC1CCc2c(F)cccc2C1NC(=O)NCC(C)(C)CCO. The lowest BCUT2D eigenvalue weighted by atomic mass is 9.80. The molecule has 0 spiro atoms. The van der Waals surface area contributed by atoms with Gasteiger partial charge in [-0.1, -0.05) is 32.9 Å². The van der Waals surface area contributed by atoms with E-state index in [0.717, 1.165) is 17.5 Å². The van der Waals surface area contributed by atoms with Gasteiger partial charge in [0.15, 0.2) is 0 Å². The Bertz CT molecular complexity index is 560. The molecule has 23 heavy (non-hydrogen) atoms. The number of fused-ring (bicyclic) bond motifs is 1. The first kappa shape index (κ1) is 17.7. The first-order valence-corrected chi connectivity index (χ1v) is 8.26. The quantitative estimate of drug-likeness (QED) is 0.780. The zero-order valence-electron chi connectivity index (χ0n) is 14.2. The summed E-state index contributed by atoms with van der Waals surface area (Å²) in [5.41, 5.74) is 1.44. The molecule has 0 aliphatic heterocycles. The number of hydrogen-bond acceptors (Lipinski definition) is 2. The van der Waals surface area contributed by atoms with Crippen LogP contribution in [0.3, 0.4) is 0 Å². The van der Waals surface area contributed by atoms with Crippen molar-refractivity contribution < 1.29 is 14.3 Å². The number of halogens is 1. The Balaban J connectivity index is 2.02. The minimum absolute atomic E-state index is 0.0998. The predicted molar refractivity (Wildman–Crippen MR) is 88.6 cm³/mol. The van der Waals surface area contributed by atoms with Crippen molar-refractivity contribution in [3.8, 4) is 0 Å². The van der Waals surface area contributed by atoms with Crippen molar-refractivity contribution in [3.63, 3.8) is 0 Å². The standard InChI is InChI=1S/C18H27FN2O2/c1-12-7-8-13-14(5-4-6-15(13)19)16(12)21-17(23)20-11-18(2,3)9-10-22/h4-6,12,16,22H,7-11H2,1-3H3,(H2,20,21,23). The number of amides is 2. The first-order valence-electron chi connectivity index (χ1n) is 8.26. The van der Waals surface area contributed by atoms with Crippen LogP contribution in [0.15, 0.2) is 18.2 Å². The first-order chi connectivity index (χ1) is 10.8. The predicted octanol–water partition coefficient (Wildman–Crippen LogP) is 3.16. The molecule has 0 radical (unpaired) electrons. The minimum atomic E-state index is -0.245. The fourth-order valence-corrected chi connectivity index (χ4v) is 3.10. The molecule has 2 amide bonds. The number of aliphatic hydroxyl groups is 1. The third kappa shape index (κ3) is 4.44. The molecule has 0 aromatic heterocycles. The molecule has 0 saturated heterocycles. The fraction of sp³-hybridized carbons (Fsp3) is 0.611. The highest BCUT2D eigenvalue weighted by Gasteiger charge is 2.29. The molecule has 0 saturated carbocycles. The second kappa shape index (κ2) is 7.30. The van der Waals surface area contributed by atoms with Crippen molar-refractivity contribution in [3.05, 3.63) is 35.1 Å². The second-order valence-electron chi connectivity index (χ2n) is 7.27. The van der Waals surface area contributed by atoms with Crippen LogP contribution in [0.5, 0.6) is 0 Å². The van der Waals surface area contributed by atoms with Crippen molar-refractivity contribution in [2.45, 2.75) is 46.1 Å². The molecule has 1 aromatic carbocycles. The van der Waals surface area contributed by atoms with Gasteiger partial charge in [0.25, 0.3) is 0 Å². The summed E-state index contributed by atoms with van der Waals surface area (Å²) in [6, 6.07) is 4.65. The van der Waals surface area contributed by atoms with Gasteiger partial charge in [0, 0.05) is 13.2 Å². The summed E-state index contributed by atoms with van der Waals surface area (Å²) in [4.78, 5) is 12.2. The van der Waals surface area contributed by atoms with Gasteiger partial charge in [0.2, 0.25) is 0 Å². The van der Waals surface area contributed by atoms with Crippen LogP contribution >= 0.6 is 0 Å². The average molecular weight is 322 g/mol. The Morgan fingerprint density at radius 1 is 1.43 bits per heavy atom. The summed E-state index contributed by atoms with van der Waals surface area (Å²) in [7, 11) is 0. The summed E-state index contributed by atoms with van der Waals surface area (Å²) in [5.74, 6) is 0.0752. The van der Waals surface area contributed by atoms with E-state index in [0.29, 0.717) is 19.4 Å². The van der Waals surface area contributed by atoms with E-state index in [-0.39, 0.29) is 35.8 Å². The summed E-state index contributed by atoms with van der Waals surface area (Å²) in [6.07, 6.45) is 2.20. The van der Waals surface area contributed by atoms with Gasteiger partial charge in [-0.05, 0) is 47.8 Å². The van der Waals surface area contributed by atoms with Gasteiger partial charge in [0.05, 0.1) is 6.04 Å². The number of carbonyl (C=O) groups is 1. The molecule has 3 N–H and O–H groups in total. The van der Waals surface area contributed by atoms with E-state index in [1.807, 2.05) is 19.9 Å². The monoisotopic (exact) mass is 322 g/mol. The highest BCUT2D eigenvalue weighted by atomic mass is 19.1. The van der Waals surface area contributed by atoms with Crippen molar-refractivity contribution in [1.29, 1.82) is 0 Å². The Morgan fingerprint density at radius 2 is 2.17 bits per heavy atom. The maximum atomic E-state index is 13.9. The fourth-order valence-electron chi connectivity index (χ4n) is 3.10. The van der Waals surface area contributed by atoms with Gasteiger partial charge in [0.1, 0.15) is 5.82 Å². The van der Waals surface area contributed by atoms with Crippen molar-refractivity contribution in [1.82, 2.24) is 10.6 Å². The zero-order chi connectivity index (χ0) is 17.0. The van der Waals surface area contributed by atoms with Crippen molar-refractivity contribution >= 4 is 6.03 Å². The van der Waals surface area contributed by atoms with E-state index in [2.05, 4.69) is 17.6 Å². The van der Waals surface area contributed by atoms with Gasteiger partial charge >= 0.3 is 6.03 Å². The largest absolute Gasteiger partial charge is 0.396 e. The molecular weight excluding hydrogens is 295 g/mol. The van der Waals surface area contributed by atoms with E-state index in [1.54, 1.807) is 6.07 Å². The highest BCUT2D eigenvalue weighted by Crippen LogP contribution is 2.35. The van der Waals surface area contributed by atoms with E-state index >= 15 is 0 Å². The third-order valence-electron chi connectivity index (χ3n) is 4.71. The van der Waals surface area contributed by atoms with Gasteiger partial charge in [-0.25, -0.2) is 9.18 Å². The molecule has 5 heteroatoms. The molecule has 0 heterocycles. The lowest BCUT2D eigenvalue weighted by Gasteiger charge is -2.33. The number of aliphatic hydroxyl groups excluding tert-OH is 1. The van der Waals surface area contributed by atoms with Crippen molar-refractivity contribution in [2.24, 2.45) is 11.3 Å². The summed E-state index contributed by atoms with van der Waals surface area (Å²) >= 11 is 0. The average Bonchev–Trinajstić information content (AvgIpc) is 2.48. The molecule has 1 aliphatic rings. The van der Waals surface area contributed by atoms with E-state index < -0.39 is 0 Å². The van der Waals surface area contributed by atoms with Crippen LogP contribution in [0.1, 0.15) is 50.8 Å². The van der Waals surface area contributed by atoms with E-state index in [1.165, 1.54) is 6.07 Å². The van der Waals surface area contributed by atoms with Crippen LogP contribution in [0.4, 0.5) is 9.18 Å². The number of benzene rings is 1. The van der Waals surface area contributed by atoms with Crippen LogP contribution < -0.4 is 10.6 Å². The van der Waals surface area contributed by atoms with E-state index in [9.17, 15) is 9.18 Å². The van der Waals surface area contributed by atoms with Crippen LogP contribution in [0.2, 0.25) is 0 Å². The molecule has 4 nitrogen and oxygen atoms in total. The zero-order valence-corrected chi connectivity index (χ0v) is 14.2. The second-order valence-corrected chi connectivity index (χ2v) is 7.27. The molecule has 2 rings (SSSR count). The Hall–Kier alpha value is -1.62. The van der Waals surface area contributed by atoms with Gasteiger partial charge in [-0.15, -0.1) is 0 Å². The van der Waals surface area contributed by atoms with Gasteiger partial charge < -0.3 is 15.7 Å². The van der Waals surface area contributed by atoms with Crippen LogP contribution in [-0.4, -0.2) is 24.3 Å². The summed E-state index contributed by atoms with van der Waals surface area (Å²) < 4.78 is 13.9. The molecule has 1 aliphatic carbocycles. The molecule has 1 aromatic rings. The molecule has 2 unspecified atom stereocenters. The number of carbonyl (C=O) groups excluding carboxylic acids is 1. The number of urea groups is 1. The van der Waals surface area contributed by atoms with Crippen LogP contribution in [0.25, 0.3) is 0 Å². The van der Waals surface area contributed by atoms with Crippen LogP contribution in [0, 0.1) is 17.2 Å². The Morgan fingerprint density at radius 3 is 2.87 bits per heavy atom. The van der Waals surface area contributed by atoms with Crippen LogP contribution in [-0.2, 0) is 6.42 Å². The minimum Gasteiger partial charge on any atom is -0.396 e. The lowest BCUT2D eigenvalue weighted by molar-refractivity contribution is 0.198. The number of rotatable bonds is 5. The highest BCUT2D eigenvalue weighted by molar-refractivity contribution is 5.74. The maximum absolute atomic E-state index is 13.9. The summed E-state index contributed by atoms with van der Waals surface area (Å²) in [6.45, 7) is 6.66. The molecule has 128 valence electrons. The van der Waals surface area contributed by atoms with Gasteiger partial charge in [-0.2, -0.15) is 0 Å². The molecule has 2 atom stereocenters. The van der Waals surface area contributed by atoms with E-state index in [4.69, 9.17) is 5.11 Å². The number of nitrogens with one attached hydrogen (secondary N) is 2. The van der Waals surface area contributed by atoms with Gasteiger partial charge in [-0.3, -0.25) is 0 Å². The number of hydrogen-bond donors (Lipinski definition) is 3. The van der Waals surface area contributed by atoms with Crippen molar-refractivity contribution in [2.75, 3.05) is 13.2 Å². The normalized spacial score (nSPS) is 20.7. The Kier molecular flexibility index (Phi) is 5.63. The molecule has 0 bridgehead atoms. The third-order valence-corrected chi connectivity index (χ3v) is 4.71. The molecule has 0 fully saturated rings. The lowest BCUT2D eigenvalue weighted by Crippen LogP contribution is -2.44. The maximum Gasteiger partial charge on any atom is 0.315 e. The smallest absolute Gasteiger partial charge is 0.315 e. The summed E-state index contributed by atoms with van der Waals surface area (Å²) in [5, 5.41) is 14.9.